The van der Waals surface area contributed by atoms with Crippen molar-refractivity contribution >= 4 is 12.0 Å². The molecular weight excluding hydrogens is 305 g/mol. The van der Waals surface area contributed by atoms with Crippen LogP contribution in [0.4, 0.5) is 13.2 Å². The van der Waals surface area contributed by atoms with Crippen LogP contribution in [-0.2, 0) is 4.79 Å². The standard InChI is InChI=1S/C17H21F3N2O/c1-11(2)5-4-6-12(3)15(16(21)17(18,19)20)9-22-14-7-13(8-14)10-23/h4-6,9-10,13-14,21-22H,1,7-8H2,2-3H3/b5-4-,12-6+,15-9-,21-16?/t13-,14-. The van der Waals surface area contributed by atoms with E-state index in [1.165, 1.54) is 19.2 Å². The van der Waals surface area contributed by atoms with Crippen LogP contribution in [0.3, 0.4) is 0 Å². The van der Waals surface area contributed by atoms with Crippen molar-refractivity contribution in [1.82, 2.24) is 5.32 Å². The van der Waals surface area contributed by atoms with Gasteiger partial charge in [0.1, 0.15) is 12.0 Å². The van der Waals surface area contributed by atoms with E-state index in [0.29, 0.717) is 18.4 Å². The van der Waals surface area contributed by atoms with Crippen molar-refractivity contribution in [1.29, 1.82) is 5.41 Å². The Morgan fingerprint density at radius 1 is 1.30 bits per heavy atom. The average Bonchev–Trinajstić information content (AvgIpc) is 2.39. The van der Waals surface area contributed by atoms with Gasteiger partial charge in [0.2, 0.25) is 0 Å². The van der Waals surface area contributed by atoms with Crippen molar-refractivity contribution in [2.24, 2.45) is 5.92 Å². The van der Waals surface area contributed by atoms with Crippen LogP contribution in [0.2, 0.25) is 0 Å². The Kier molecular flexibility index (Phi) is 6.54. The number of halogens is 3. The first kappa shape index (κ1) is 18.9. The molecule has 0 heterocycles. The Morgan fingerprint density at radius 3 is 2.39 bits per heavy atom. The van der Waals surface area contributed by atoms with Crippen molar-refractivity contribution in [3.8, 4) is 0 Å². The average molecular weight is 326 g/mol. The molecule has 0 aromatic carbocycles. The van der Waals surface area contributed by atoms with Gasteiger partial charge >= 0.3 is 6.18 Å². The minimum Gasteiger partial charge on any atom is -0.388 e. The number of carbonyl (C=O) groups excluding carboxylic acids is 1. The number of carbonyl (C=O) groups is 1. The minimum absolute atomic E-state index is 0.0263. The third-order valence-corrected chi connectivity index (χ3v) is 3.53. The Bertz CT molecular complexity index is 565. The summed E-state index contributed by atoms with van der Waals surface area (Å²) >= 11 is 0. The van der Waals surface area contributed by atoms with Gasteiger partial charge in [-0.3, -0.25) is 5.41 Å². The molecule has 0 aromatic heterocycles. The molecule has 23 heavy (non-hydrogen) atoms. The van der Waals surface area contributed by atoms with Crippen LogP contribution in [0.5, 0.6) is 0 Å². The van der Waals surface area contributed by atoms with Gasteiger partial charge in [0.25, 0.3) is 0 Å². The highest BCUT2D eigenvalue weighted by Gasteiger charge is 2.37. The highest BCUT2D eigenvalue weighted by molar-refractivity contribution is 6.05. The second kappa shape index (κ2) is 7.94. The van der Waals surface area contributed by atoms with Gasteiger partial charge < -0.3 is 10.1 Å². The molecule has 3 nitrogen and oxygen atoms in total. The maximum atomic E-state index is 12.8. The Hall–Kier alpha value is -2.11. The molecule has 0 radical (unpaired) electrons. The van der Waals surface area contributed by atoms with Crippen molar-refractivity contribution in [3.63, 3.8) is 0 Å². The topological polar surface area (TPSA) is 53.0 Å². The lowest BCUT2D eigenvalue weighted by molar-refractivity contribution is -0.113. The lowest BCUT2D eigenvalue weighted by Gasteiger charge is -2.32. The van der Waals surface area contributed by atoms with Crippen molar-refractivity contribution in [3.05, 3.63) is 47.7 Å². The summed E-state index contributed by atoms with van der Waals surface area (Å²) in [6.45, 7) is 6.96. The number of hydrogen-bond acceptors (Lipinski definition) is 3. The number of aldehydes is 1. The Balaban J connectivity index is 2.91. The number of allylic oxidation sites excluding steroid dienone is 6. The summed E-state index contributed by atoms with van der Waals surface area (Å²) in [6, 6.07) is -0.0278. The molecule has 6 heteroatoms. The minimum atomic E-state index is -4.72. The quantitative estimate of drug-likeness (QED) is 0.420. The maximum absolute atomic E-state index is 12.8. The van der Waals surface area contributed by atoms with E-state index in [1.54, 1.807) is 19.1 Å². The van der Waals surface area contributed by atoms with E-state index in [9.17, 15) is 18.0 Å². The number of nitrogens with one attached hydrogen (secondary N) is 2. The second-order valence-corrected chi connectivity index (χ2v) is 5.72. The molecule has 1 saturated carbocycles. The predicted octanol–water partition coefficient (Wildman–Crippen LogP) is 4.10. The highest BCUT2D eigenvalue weighted by Crippen LogP contribution is 2.27. The van der Waals surface area contributed by atoms with E-state index in [-0.39, 0.29) is 17.5 Å². The highest BCUT2D eigenvalue weighted by atomic mass is 19.4. The fourth-order valence-electron chi connectivity index (χ4n) is 2.09. The summed E-state index contributed by atoms with van der Waals surface area (Å²) in [6.07, 6.45) is 3.35. The largest absolute Gasteiger partial charge is 0.433 e. The molecule has 1 aliphatic rings. The van der Waals surface area contributed by atoms with E-state index >= 15 is 0 Å². The molecule has 0 amide bonds. The van der Waals surface area contributed by atoms with E-state index < -0.39 is 11.9 Å². The normalized spacial score (nSPS) is 22.7. The molecule has 0 bridgehead atoms. The fourth-order valence-corrected chi connectivity index (χ4v) is 2.09. The zero-order valence-electron chi connectivity index (χ0n) is 13.2. The summed E-state index contributed by atoms with van der Waals surface area (Å²) in [5, 5.41) is 10.2. The van der Waals surface area contributed by atoms with Crippen LogP contribution in [0.15, 0.2) is 47.7 Å². The molecule has 0 unspecified atom stereocenters. The van der Waals surface area contributed by atoms with Crippen molar-refractivity contribution in [2.45, 2.75) is 38.9 Å². The maximum Gasteiger partial charge on any atom is 0.433 e. The molecule has 1 rings (SSSR count). The monoisotopic (exact) mass is 326 g/mol. The third kappa shape index (κ3) is 5.88. The number of alkyl halides is 3. The van der Waals surface area contributed by atoms with E-state index in [4.69, 9.17) is 5.41 Å². The van der Waals surface area contributed by atoms with Crippen molar-refractivity contribution < 1.29 is 18.0 Å². The van der Waals surface area contributed by atoms with E-state index in [0.717, 1.165) is 11.9 Å². The summed E-state index contributed by atoms with van der Waals surface area (Å²) in [4.78, 5) is 10.5. The molecule has 0 spiro atoms. The summed E-state index contributed by atoms with van der Waals surface area (Å²) in [5.41, 5.74) is -0.506. The molecule has 2 N–H and O–H groups in total. The second-order valence-electron chi connectivity index (χ2n) is 5.72. The van der Waals surface area contributed by atoms with Crippen LogP contribution in [-0.4, -0.2) is 24.2 Å². The van der Waals surface area contributed by atoms with Gasteiger partial charge in [0, 0.05) is 23.7 Å². The van der Waals surface area contributed by atoms with Crippen LogP contribution >= 0.6 is 0 Å². The van der Waals surface area contributed by atoms with Crippen molar-refractivity contribution in [2.75, 3.05) is 0 Å². The van der Waals surface area contributed by atoms with Crippen LogP contribution in [0, 0.1) is 11.3 Å². The summed E-state index contributed by atoms with van der Waals surface area (Å²) < 4.78 is 38.5. The molecule has 0 aromatic rings. The molecule has 1 aliphatic carbocycles. The van der Waals surface area contributed by atoms with Gasteiger partial charge in [0.15, 0.2) is 0 Å². The van der Waals surface area contributed by atoms with Crippen LogP contribution < -0.4 is 5.32 Å². The first-order valence-corrected chi connectivity index (χ1v) is 7.23. The van der Waals surface area contributed by atoms with Gasteiger partial charge in [-0.05, 0) is 32.3 Å². The summed E-state index contributed by atoms with van der Waals surface area (Å²) in [5.74, 6) is -0.0263. The third-order valence-electron chi connectivity index (χ3n) is 3.53. The molecule has 0 saturated heterocycles. The summed E-state index contributed by atoms with van der Waals surface area (Å²) in [7, 11) is 0. The SMILES string of the molecule is C=C(C)\C=C/C=C(C)/C(=C/N[C@H]1C[C@H](C=O)C1)C(=N)C(F)(F)F. The predicted molar refractivity (Wildman–Crippen MR) is 85.3 cm³/mol. The molecular formula is C17H21F3N2O. The fraction of sp³-hybridized carbons (Fsp3) is 0.412. The first-order valence-electron chi connectivity index (χ1n) is 7.23. The van der Waals surface area contributed by atoms with Gasteiger partial charge in [0.05, 0.1) is 0 Å². The Morgan fingerprint density at radius 2 is 1.91 bits per heavy atom. The van der Waals surface area contributed by atoms with Gasteiger partial charge in [-0.15, -0.1) is 0 Å². The van der Waals surface area contributed by atoms with Gasteiger partial charge in [-0.25, -0.2) is 0 Å². The van der Waals surface area contributed by atoms with Crippen LogP contribution in [0.25, 0.3) is 0 Å². The van der Waals surface area contributed by atoms with Gasteiger partial charge in [-0.2, -0.15) is 13.2 Å². The lowest BCUT2D eigenvalue weighted by Crippen LogP contribution is -2.39. The number of hydrogen-bond donors (Lipinski definition) is 2. The molecule has 126 valence electrons. The molecule has 1 fully saturated rings. The zero-order valence-corrected chi connectivity index (χ0v) is 13.2. The van der Waals surface area contributed by atoms with Crippen LogP contribution in [0.1, 0.15) is 26.7 Å². The lowest BCUT2D eigenvalue weighted by atomic mass is 9.81. The first-order chi connectivity index (χ1) is 10.6. The molecule has 0 aliphatic heterocycles. The van der Waals surface area contributed by atoms with Gasteiger partial charge in [-0.1, -0.05) is 30.4 Å². The van der Waals surface area contributed by atoms with E-state index in [1.807, 2.05) is 0 Å². The van der Waals surface area contributed by atoms with E-state index in [2.05, 4.69) is 11.9 Å². The smallest absolute Gasteiger partial charge is 0.388 e. The Labute approximate surface area is 134 Å². The zero-order chi connectivity index (χ0) is 17.6. The number of rotatable bonds is 7. The molecule has 0 atom stereocenters.